The number of rotatable bonds is 9. The van der Waals surface area contributed by atoms with Crippen LogP contribution in [0.25, 0.3) is 0 Å². The standard InChI is InChI=1S/C15H33N3/c1-5-10-16-14(4)8-11-17-12-9-15(13-17)18(6-2)7-3/h14-16H,5-13H2,1-4H3. The van der Waals surface area contributed by atoms with Crippen molar-refractivity contribution in [2.24, 2.45) is 0 Å². The molecular weight excluding hydrogens is 222 g/mol. The van der Waals surface area contributed by atoms with Crippen LogP contribution < -0.4 is 5.32 Å². The van der Waals surface area contributed by atoms with E-state index in [1.807, 2.05) is 0 Å². The maximum atomic E-state index is 3.58. The Morgan fingerprint density at radius 3 is 2.61 bits per heavy atom. The van der Waals surface area contributed by atoms with Gasteiger partial charge in [-0.3, -0.25) is 4.90 Å². The smallest absolute Gasteiger partial charge is 0.0235 e. The van der Waals surface area contributed by atoms with Gasteiger partial charge >= 0.3 is 0 Å². The van der Waals surface area contributed by atoms with Crippen molar-refractivity contribution in [3.05, 3.63) is 0 Å². The highest BCUT2D eigenvalue weighted by Crippen LogP contribution is 2.15. The first kappa shape index (κ1) is 15.9. The molecule has 0 aromatic carbocycles. The molecule has 0 bridgehead atoms. The van der Waals surface area contributed by atoms with Gasteiger partial charge in [-0.25, -0.2) is 0 Å². The topological polar surface area (TPSA) is 18.5 Å². The summed E-state index contributed by atoms with van der Waals surface area (Å²) in [4.78, 5) is 5.26. The van der Waals surface area contributed by atoms with Gasteiger partial charge in [-0.05, 0) is 58.9 Å². The van der Waals surface area contributed by atoms with Gasteiger partial charge in [0, 0.05) is 18.6 Å². The maximum Gasteiger partial charge on any atom is 0.0235 e. The van der Waals surface area contributed by atoms with Gasteiger partial charge in [0.2, 0.25) is 0 Å². The van der Waals surface area contributed by atoms with Gasteiger partial charge in [-0.1, -0.05) is 20.8 Å². The van der Waals surface area contributed by atoms with E-state index in [0.29, 0.717) is 6.04 Å². The van der Waals surface area contributed by atoms with Crippen LogP contribution in [0.5, 0.6) is 0 Å². The lowest BCUT2D eigenvalue weighted by Crippen LogP contribution is -2.38. The summed E-state index contributed by atoms with van der Waals surface area (Å²) in [7, 11) is 0. The van der Waals surface area contributed by atoms with Gasteiger partial charge < -0.3 is 10.2 Å². The van der Waals surface area contributed by atoms with E-state index in [4.69, 9.17) is 0 Å². The summed E-state index contributed by atoms with van der Waals surface area (Å²) in [5.41, 5.74) is 0. The molecule has 108 valence electrons. The van der Waals surface area contributed by atoms with Crippen molar-refractivity contribution in [3.63, 3.8) is 0 Å². The van der Waals surface area contributed by atoms with Crippen molar-refractivity contribution in [1.82, 2.24) is 15.1 Å². The summed E-state index contributed by atoms with van der Waals surface area (Å²) < 4.78 is 0. The average Bonchev–Trinajstić information content (AvgIpc) is 2.84. The van der Waals surface area contributed by atoms with Crippen LogP contribution in [0.2, 0.25) is 0 Å². The van der Waals surface area contributed by atoms with Crippen molar-refractivity contribution in [1.29, 1.82) is 0 Å². The van der Waals surface area contributed by atoms with E-state index < -0.39 is 0 Å². The molecule has 0 aromatic rings. The lowest BCUT2D eigenvalue weighted by atomic mass is 10.2. The van der Waals surface area contributed by atoms with E-state index in [2.05, 4.69) is 42.8 Å². The number of nitrogens with one attached hydrogen (secondary N) is 1. The largest absolute Gasteiger partial charge is 0.314 e. The monoisotopic (exact) mass is 255 g/mol. The van der Waals surface area contributed by atoms with E-state index in [-0.39, 0.29) is 0 Å². The third-order valence-electron chi connectivity index (χ3n) is 4.20. The maximum absolute atomic E-state index is 3.58. The fourth-order valence-electron chi connectivity index (χ4n) is 2.92. The fourth-order valence-corrected chi connectivity index (χ4v) is 2.92. The number of nitrogens with zero attached hydrogens (tertiary/aromatic N) is 2. The highest BCUT2D eigenvalue weighted by molar-refractivity contribution is 4.83. The molecule has 0 aliphatic carbocycles. The first-order chi connectivity index (χ1) is 8.71. The minimum atomic E-state index is 0.664. The van der Waals surface area contributed by atoms with Crippen molar-refractivity contribution in [2.45, 2.75) is 59.0 Å². The third kappa shape index (κ3) is 5.25. The molecule has 1 fully saturated rings. The molecule has 1 saturated heterocycles. The van der Waals surface area contributed by atoms with Crippen LogP contribution in [0.1, 0.15) is 47.0 Å². The Kier molecular flexibility index (Phi) is 7.87. The second-order valence-corrected chi connectivity index (χ2v) is 5.61. The molecular formula is C15H33N3. The molecule has 0 spiro atoms. The van der Waals surface area contributed by atoms with Crippen molar-refractivity contribution in [2.75, 3.05) is 39.3 Å². The van der Waals surface area contributed by atoms with E-state index in [0.717, 1.165) is 12.6 Å². The number of hydrogen-bond donors (Lipinski definition) is 1. The van der Waals surface area contributed by atoms with Crippen LogP contribution in [-0.2, 0) is 0 Å². The second-order valence-electron chi connectivity index (χ2n) is 5.61. The van der Waals surface area contributed by atoms with Gasteiger partial charge in [0.25, 0.3) is 0 Å². The zero-order valence-electron chi connectivity index (χ0n) is 12.9. The van der Waals surface area contributed by atoms with Crippen molar-refractivity contribution >= 4 is 0 Å². The Labute approximate surface area is 114 Å². The summed E-state index contributed by atoms with van der Waals surface area (Å²) in [5.74, 6) is 0. The molecule has 0 saturated carbocycles. The van der Waals surface area contributed by atoms with Crippen LogP contribution in [0, 0.1) is 0 Å². The Hall–Kier alpha value is -0.120. The van der Waals surface area contributed by atoms with E-state index in [9.17, 15) is 0 Å². The molecule has 0 aromatic heterocycles. The summed E-state index contributed by atoms with van der Waals surface area (Å²) in [6, 6.07) is 1.47. The Bertz CT molecular complexity index is 204. The summed E-state index contributed by atoms with van der Waals surface area (Å²) >= 11 is 0. The molecule has 0 amide bonds. The first-order valence-corrected chi connectivity index (χ1v) is 7.90. The fraction of sp³-hybridized carbons (Fsp3) is 1.00. The lowest BCUT2D eigenvalue weighted by Gasteiger charge is -2.26. The summed E-state index contributed by atoms with van der Waals surface area (Å²) in [6.07, 6.45) is 3.88. The van der Waals surface area contributed by atoms with Crippen LogP contribution in [0.15, 0.2) is 0 Å². The SMILES string of the molecule is CCCNC(C)CCN1CCC(N(CC)CC)C1. The minimum absolute atomic E-state index is 0.664. The van der Waals surface area contributed by atoms with Crippen molar-refractivity contribution < 1.29 is 0 Å². The van der Waals surface area contributed by atoms with Crippen LogP contribution in [-0.4, -0.2) is 61.2 Å². The molecule has 1 N–H and O–H groups in total. The highest BCUT2D eigenvalue weighted by atomic mass is 15.2. The zero-order chi connectivity index (χ0) is 13.4. The van der Waals surface area contributed by atoms with Crippen molar-refractivity contribution in [3.8, 4) is 0 Å². The van der Waals surface area contributed by atoms with Crippen LogP contribution in [0.3, 0.4) is 0 Å². The molecule has 3 heteroatoms. The highest BCUT2D eigenvalue weighted by Gasteiger charge is 2.25. The quantitative estimate of drug-likeness (QED) is 0.681. The molecule has 2 atom stereocenters. The predicted octanol–water partition coefficient (Wildman–Crippen LogP) is 2.18. The molecule has 1 aliphatic heterocycles. The summed E-state index contributed by atoms with van der Waals surface area (Å²) in [6.45, 7) is 16.5. The van der Waals surface area contributed by atoms with Crippen LogP contribution in [0.4, 0.5) is 0 Å². The predicted molar refractivity (Wildman–Crippen MR) is 80.1 cm³/mol. The zero-order valence-corrected chi connectivity index (χ0v) is 12.9. The Balaban J connectivity index is 2.18. The number of likely N-dealkylation sites (tertiary alicyclic amines) is 1. The van der Waals surface area contributed by atoms with E-state index in [1.54, 1.807) is 0 Å². The Morgan fingerprint density at radius 2 is 2.00 bits per heavy atom. The Morgan fingerprint density at radius 1 is 1.28 bits per heavy atom. The van der Waals surface area contributed by atoms with E-state index in [1.165, 1.54) is 52.0 Å². The first-order valence-electron chi connectivity index (χ1n) is 7.90. The molecule has 1 aliphatic rings. The third-order valence-corrected chi connectivity index (χ3v) is 4.20. The molecule has 0 radical (unpaired) electrons. The second kappa shape index (κ2) is 8.89. The molecule has 2 unspecified atom stereocenters. The van der Waals surface area contributed by atoms with Crippen LogP contribution >= 0.6 is 0 Å². The number of hydrogen-bond acceptors (Lipinski definition) is 3. The normalized spacial score (nSPS) is 22.8. The van der Waals surface area contributed by atoms with Gasteiger partial charge in [-0.15, -0.1) is 0 Å². The lowest BCUT2D eigenvalue weighted by molar-refractivity contribution is 0.208. The average molecular weight is 255 g/mol. The van der Waals surface area contributed by atoms with Gasteiger partial charge in [0.05, 0.1) is 0 Å². The molecule has 1 rings (SSSR count). The van der Waals surface area contributed by atoms with E-state index >= 15 is 0 Å². The minimum Gasteiger partial charge on any atom is -0.314 e. The van der Waals surface area contributed by atoms with Gasteiger partial charge in [-0.2, -0.15) is 0 Å². The van der Waals surface area contributed by atoms with Gasteiger partial charge in [0.15, 0.2) is 0 Å². The molecule has 1 heterocycles. The summed E-state index contributed by atoms with van der Waals surface area (Å²) in [5, 5.41) is 3.58. The molecule has 3 nitrogen and oxygen atoms in total. The number of likely N-dealkylation sites (N-methyl/N-ethyl adjacent to an activating group) is 1. The van der Waals surface area contributed by atoms with Gasteiger partial charge in [0.1, 0.15) is 0 Å². The molecule has 18 heavy (non-hydrogen) atoms.